The molecule has 1 aromatic heterocycles. The van der Waals surface area contributed by atoms with Gasteiger partial charge in [-0.3, -0.25) is 9.89 Å². The van der Waals surface area contributed by atoms with Gasteiger partial charge >= 0.3 is 0 Å². The molecular weight excluding hydrogens is 236 g/mol. The van der Waals surface area contributed by atoms with Gasteiger partial charge in [0.05, 0.1) is 17.7 Å². The molecule has 4 rings (SSSR count). The van der Waals surface area contributed by atoms with E-state index >= 15 is 0 Å². The Labute approximate surface area is 111 Å². The van der Waals surface area contributed by atoms with Crippen LogP contribution in [0.1, 0.15) is 12.1 Å². The van der Waals surface area contributed by atoms with Crippen LogP contribution < -0.4 is 10.6 Å². The number of piperidine rings is 1. The maximum absolute atomic E-state index is 4.82. The summed E-state index contributed by atoms with van der Waals surface area (Å²) in [5.74, 6) is 0. The second kappa shape index (κ2) is 4.31. The summed E-state index contributed by atoms with van der Waals surface area (Å²) in [4.78, 5) is 14.6. The lowest BCUT2D eigenvalue weighted by Crippen LogP contribution is -2.37. The minimum Gasteiger partial charge on any atom is -0.347 e. The molecule has 4 nitrogen and oxygen atoms in total. The van der Waals surface area contributed by atoms with Gasteiger partial charge in [0.2, 0.25) is 0 Å². The van der Waals surface area contributed by atoms with Crippen molar-refractivity contribution in [2.45, 2.75) is 19.0 Å². The summed E-state index contributed by atoms with van der Waals surface area (Å²) in [6.07, 6.45) is 4.78. The average molecular weight is 252 g/mol. The summed E-state index contributed by atoms with van der Waals surface area (Å²) in [5, 5.41) is 2.52. The average Bonchev–Trinajstić information content (AvgIpc) is 3.06. The number of nitrogens with zero attached hydrogens (tertiary/aromatic N) is 3. The third kappa shape index (κ3) is 1.88. The molecule has 0 spiro atoms. The third-order valence-electron chi connectivity index (χ3n) is 4.01. The predicted molar refractivity (Wildman–Crippen MR) is 72.9 cm³/mol. The standard InChI is InChI=1S/C15H16N4/c1-2-4-14-12(3-1)13-9-19(6-5-15(13)18-14)8-11-7-16-10-17-11/h1-4,7,10,15H,5-6,8-9H2,(H,16,17). The molecule has 0 saturated carbocycles. The highest BCUT2D eigenvalue weighted by Crippen LogP contribution is 2.21. The number of rotatable bonds is 2. The number of likely N-dealkylation sites (tertiary alicyclic amines) is 1. The van der Waals surface area contributed by atoms with Crippen LogP contribution in [0, 0.1) is 0 Å². The lowest BCUT2D eigenvalue weighted by Gasteiger charge is -2.30. The quantitative estimate of drug-likeness (QED) is 0.844. The summed E-state index contributed by atoms with van der Waals surface area (Å²) in [6, 6.07) is 8.92. The van der Waals surface area contributed by atoms with Crippen molar-refractivity contribution >= 4 is 5.57 Å². The van der Waals surface area contributed by atoms with Crippen LogP contribution in [0.2, 0.25) is 0 Å². The van der Waals surface area contributed by atoms with E-state index in [0.717, 1.165) is 26.1 Å². The Morgan fingerprint density at radius 3 is 3.16 bits per heavy atom. The fraction of sp³-hybridized carbons (Fsp3) is 0.333. The van der Waals surface area contributed by atoms with E-state index in [1.165, 1.54) is 21.8 Å². The Morgan fingerprint density at radius 2 is 2.26 bits per heavy atom. The number of benzene rings is 1. The predicted octanol–water partition coefficient (Wildman–Crippen LogP) is 0.468. The zero-order valence-electron chi connectivity index (χ0n) is 10.7. The number of para-hydroxylation sites is 1. The minimum absolute atomic E-state index is 0.412. The van der Waals surface area contributed by atoms with E-state index in [1.54, 1.807) is 6.33 Å². The molecule has 0 amide bonds. The molecule has 19 heavy (non-hydrogen) atoms. The van der Waals surface area contributed by atoms with Gasteiger partial charge in [0, 0.05) is 36.7 Å². The third-order valence-corrected chi connectivity index (χ3v) is 4.01. The lowest BCUT2D eigenvalue weighted by atomic mass is 9.99. The number of nitrogens with one attached hydrogen (secondary N) is 1. The topological polar surface area (TPSA) is 44.3 Å². The molecule has 0 aliphatic carbocycles. The summed E-state index contributed by atoms with van der Waals surface area (Å²) in [5.41, 5.74) is 2.67. The van der Waals surface area contributed by atoms with Crippen molar-refractivity contribution in [2.24, 2.45) is 4.99 Å². The van der Waals surface area contributed by atoms with Crippen molar-refractivity contribution in [2.75, 3.05) is 13.1 Å². The number of hydrogen-bond donors (Lipinski definition) is 1. The van der Waals surface area contributed by atoms with Gasteiger partial charge in [0.25, 0.3) is 0 Å². The fourth-order valence-electron chi connectivity index (χ4n) is 3.08. The first-order valence-electron chi connectivity index (χ1n) is 6.76. The Hall–Kier alpha value is -1.94. The van der Waals surface area contributed by atoms with Crippen molar-refractivity contribution < 1.29 is 0 Å². The van der Waals surface area contributed by atoms with E-state index in [1.807, 2.05) is 6.20 Å². The van der Waals surface area contributed by atoms with Gasteiger partial charge < -0.3 is 4.98 Å². The molecule has 96 valence electrons. The SMILES string of the molecule is c1ccc2c(c1)=NC1CCN(Cc3cnc[nH]3)CC=21. The first-order valence-corrected chi connectivity index (χ1v) is 6.76. The molecule has 4 heteroatoms. The van der Waals surface area contributed by atoms with E-state index in [2.05, 4.69) is 39.1 Å². The van der Waals surface area contributed by atoms with E-state index < -0.39 is 0 Å². The van der Waals surface area contributed by atoms with Crippen molar-refractivity contribution in [1.29, 1.82) is 0 Å². The smallest absolute Gasteiger partial charge is 0.0922 e. The number of fused-ring (bicyclic) bond motifs is 2. The van der Waals surface area contributed by atoms with Gasteiger partial charge in [-0.25, -0.2) is 4.98 Å². The Morgan fingerprint density at radius 1 is 1.32 bits per heavy atom. The van der Waals surface area contributed by atoms with Crippen LogP contribution in [-0.4, -0.2) is 34.0 Å². The van der Waals surface area contributed by atoms with Crippen molar-refractivity contribution in [3.8, 4) is 0 Å². The summed E-state index contributed by atoms with van der Waals surface area (Å²) < 4.78 is 0. The summed E-state index contributed by atoms with van der Waals surface area (Å²) >= 11 is 0. The van der Waals surface area contributed by atoms with Crippen LogP contribution >= 0.6 is 0 Å². The molecule has 0 radical (unpaired) electrons. The second-order valence-corrected chi connectivity index (χ2v) is 5.26. The van der Waals surface area contributed by atoms with E-state index in [-0.39, 0.29) is 0 Å². The first kappa shape index (κ1) is 10.9. The zero-order chi connectivity index (χ0) is 12.7. The number of imidazole rings is 1. The molecular formula is C15H16N4. The largest absolute Gasteiger partial charge is 0.347 e. The minimum atomic E-state index is 0.412. The van der Waals surface area contributed by atoms with Gasteiger partial charge in [0.1, 0.15) is 0 Å². The van der Waals surface area contributed by atoms with Crippen LogP contribution in [0.5, 0.6) is 0 Å². The van der Waals surface area contributed by atoms with Gasteiger partial charge in [-0.1, -0.05) is 18.2 Å². The normalized spacial score (nSPS) is 21.9. The van der Waals surface area contributed by atoms with Crippen LogP contribution in [0.25, 0.3) is 5.57 Å². The second-order valence-electron chi connectivity index (χ2n) is 5.26. The molecule has 1 atom stereocenters. The zero-order valence-corrected chi connectivity index (χ0v) is 10.7. The molecule has 1 N–H and O–H groups in total. The highest BCUT2D eigenvalue weighted by Gasteiger charge is 2.26. The number of aromatic nitrogens is 2. The molecule has 2 aromatic rings. The van der Waals surface area contributed by atoms with Crippen LogP contribution in [0.3, 0.4) is 0 Å². The maximum Gasteiger partial charge on any atom is 0.0922 e. The first-order chi connectivity index (χ1) is 9.40. The van der Waals surface area contributed by atoms with Gasteiger partial charge in [-0.2, -0.15) is 0 Å². The molecule has 0 bridgehead atoms. The molecule has 1 fully saturated rings. The number of aromatic amines is 1. The van der Waals surface area contributed by atoms with Crippen molar-refractivity contribution in [1.82, 2.24) is 14.9 Å². The summed E-state index contributed by atoms with van der Waals surface area (Å²) in [6.45, 7) is 3.06. The fourth-order valence-corrected chi connectivity index (χ4v) is 3.08. The van der Waals surface area contributed by atoms with Crippen LogP contribution in [-0.2, 0) is 6.54 Å². The van der Waals surface area contributed by atoms with E-state index in [4.69, 9.17) is 4.99 Å². The molecule has 2 aliphatic heterocycles. The van der Waals surface area contributed by atoms with Gasteiger partial charge in [-0.05, 0) is 18.1 Å². The number of hydrogen-bond acceptors (Lipinski definition) is 3. The highest BCUT2D eigenvalue weighted by molar-refractivity contribution is 5.56. The molecule has 1 saturated heterocycles. The highest BCUT2D eigenvalue weighted by atomic mass is 15.2. The lowest BCUT2D eigenvalue weighted by molar-refractivity contribution is 0.264. The van der Waals surface area contributed by atoms with Crippen molar-refractivity contribution in [3.05, 3.63) is 53.1 Å². The Bertz CT molecular complexity index is 702. The Kier molecular flexibility index (Phi) is 2.48. The van der Waals surface area contributed by atoms with Crippen LogP contribution in [0.15, 0.2) is 41.8 Å². The van der Waals surface area contributed by atoms with Crippen molar-refractivity contribution in [3.63, 3.8) is 0 Å². The van der Waals surface area contributed by atoms with Gasteiger partial charge in [0.15, 0.2) is 0 Å². The molecule has 2 aliphatic rings. The van der Waals surface area contributed by atoms with Gasteiger partial charge in [-0.15, -0.1) is 0 Å². The molecule has 1 unspecified atom stereocenters. The maximum atomic E-state index is 4.82. The monoisotopic (exact) mass is 252 g/mol. The molecule has 3 heterocycles. The van der Waals surface area contributed by atoms with E-state index in [9.17, 15) is 0 Å². The Balaban J connectivity index is 1.65. The van der Waals surface area contributed by atoms with E-state index in [0.29, 0.717) is 6.04 Å². The van der Waals surface area contributed by atoms with Crippen LogP contribution in [0.4, 0.5) is 0 Å². The summed E-state index contributed by atoms with van der Waals surface area (Å²) in [7, 11) is 0. The number of H-pyrrole nitrogens is 1. The molecule has 1 aromatic carbocycles.